The first-order valence-electron chi connectivity index (χ1n) is 16.1. The van der Waals surface area contributed by atoms with E-state index in [1.807, 2.05) is 20.9 Å². The van der Waals surface area contributed by atoms with Crippen LogP contribution in [0.25, 0.3) is 0 Å². The Labute approximate surface area is 298 Å². The van der Waals surface area contributed by atoms with Crippen LogP contribution in [0.4, 0.5) is 0 Å². The summed E-state index contributed by atoms with van der Waals surface area (Å²) in [6, 6.07) is 0.308. The predicted octanol–water partition coefficient (Wildman–Crippen LogP) is -0.896. The fourth-order valence-corrected chi connectivity index (χ4v) is 3.93. The highest BCUT2D eigenvalue weighted by Crippen LogP contribution is 2.04. The van der Waals surface area contributed by atoms with Crippen LogP contribution in [0, 0.1) is 0 Å². The van der Waals surface area contributed by atoms with E-state index in [0.29, 0.717) is 35.4 Å². The van der Waals surface area contributed by atoms with Crippen LogP contribution in [0.2, 0.25) is 0 Å². The molecular weight excluding hydrogens is 644 g/mol. The summed E-state index contributed by atoms with van der Waals surface area (Å²) in [5.41, 5.74) is 2.76. The van der Waals surface area contributed by atoms with E-state index in [2.05, 4.69) is 54.2 Å². The monoisotopic (exact) mass is 704 g/mol. The highest BCUT2D eigenvalue weighted by atomic mass is 16.4. The van der Waals surface area contributed by atoms with E-state index in [9.17, 15) is 24.0 Å². The largest absolute Gasteiger partial charge is 0.480 e. The molecule has 0 saturated carbocycles. The number of aliphatic carboxylic acids is 1. The molecule has 0 unspecified atom stereocenters. The maximum atomic E-state index is 12.8. The molecule has 0 aliphatic carbocycles. The Morgan fingerprint density at radius 2 is 0.920 bits per heavy atom. The van der Waals surface area contributed by atoms with Crippen molar-refractivity contribution in [1.82, 2.24) is 50.7 Å². The van der Waals surface area contributed by atoms with Gasteiger partial charge in [-0.1, -0.05) is 46.7 Å². The number of carbonyl (C=O) groups is 5. The molecule has 0 aromatic carbocycles. The van der Waals surface area contributed by atoms with Gasteiger partial charge in [-0.25, -0.2) is 0 Å². The van der Waals surface area contributed by atoms with Gasteiger partial charge in [0, 0.05) is 83.4 Å². The number of nitrogens with one attached hydrogen (secondary N) is 4. The molecule has 0 spiro atoms. The molecule has 0 heterocycles. The van der Waals surface area contributed by atoms with Crippen LogP contribution < -0.4 is 21.3 Å². The van der Waals surface area contributed by atoms with Gasteiger partial charge in [0.15, 0.2) is 0 Å². The number of carboxylic acid groups (broad SMARTS) is 1. The highest BCUT2D eigenvalue weighted by molar-refractivity contribution is 5.80. The molecule has 16 nitrogen and oxygen atoms in total. The standard InChI is InChI=1S/C34H60N10O6/c1-24(2)35-14-27(5)40(9)22-32(47)42(11)18-25(3)36-16-31(46)44(13)20-29(7)39(8)21-30(45)38-15-28(6)41(10)23-33(48)43(12)19-26(4)37-17-34(49)50/h24,35-37H,3-7,14-23H2,1-2,8-13H3,(H,38,45)(H,49,50). The van der Waals surface area contributed by atoms with Crippen molar-refractivity contribution in [2.45, 2.75) is 19.9 Å². The summed E-state index contributed by atoms with van der Waals surface area (Å²) in [6.45, 7) is 24.7. The van der Waals surface area contributed by atoms with Gasteiger partial charge >= 0.3 is 5.97 Å². The van der Waals surface area contributed by atoms with Gasteiger partial charge in [0.2, 0.25) is 23.6 Å². The van der Waals surface area contributed by atoms with Gasteiger partial charge in [0.25, 0.3) is 0 Å². The second-order valence-electron chi connectivity index (χ2n) is 12.6. The summed E-state index contributed by atoms with van der Waals surface area (Å²) in [5.74, 6) is -1.92. The Hall–Kier alpha value is -4.99. The van der Waals surface area contributed by atoms with Gasteiger partial charge in [-0.3, -0.25) is 24.0 Å². The van der Waals surface area contributed by atoms with Crippen molar-refractivity contribution in [1.29, 1.82) is 0 Å². The van der Waals surface area contributed by atoms with E-state index in [1.165, 1.54) is 14.7 Å². The SMILES string of the molecule is C=C(CN(C)C(=O)CN(C)C(=C)CNC(=O)CN(C)C(=C)CN(C)C(=O)CNC(=C)CN(C)C(=O)CN(C)C(=C)CNC(C)C)NCC(=O)O. The average molecular weight is 705 g/mol. The summed E-state index contributed by atoms with van der Waals surface area (Å²) >= 11 is 0. The molecule has 16 heteroatoms. The highest BCUT2D eigenvalue weighted by Gasteiger charge is 2.18. The van der Waals surface area contributed by atoms with Crippen molar-refractivity contribution in [3.8, 4) is 0 Å². The number of carbonyl (C=O) groups excluding carboxylic acids is 4. The second-order valence-corrected chi connectivity index (χ2v) is 12.6. The Bertz CT molecular complexity index is 1270. The van der Waals surface area contributed by atoms with E-state index in [0.717, 1.165) is 5.70 Å². The minimum absolute atomic E-state index is 0.00359. The summed E-state index contributed by atoms with van der Waals surface area (Å²) in [6.07, 6.45) is 0. The zero-order valence-electron chi connectivity index (χ0n) is 31.4. The molecule has 0 aliphatic heterocycles. The molecule has 0 aliphatic rings. The summed E-state index contributed by atoms with van der Waals surface area (Å²) in [7, 11) is 10.0. The lowest BCUT2D eigenvalue weighted by atomic mass is 10.3. The van der Waals surface area contributed by atoms with Gasteiger partial charge < -0.3 is 55.8 Å². The number of nitrogens with zero attached hydrogens (tertiary/aromatic N) is 6. The Morgan fingerprint density at radius 3 is 1.38 bits per heavy atom. The third-order valence-corrected chi connectivity index (χ3v) is 7.48. The average Bonchev–Trinajstić information content (AvgIpc) is 3.03. The van der Waals surface area contributed by atoms with Gasteiger partial charge in [-0.2, -0.15) is 0 Å². The minimum atomic E-state index is -1.03. The first-order chi connectivity index (χ1) is 23.1. The van der Waals surface area contributed by atoms with E-state index in [1.54, 1.807) is 49.9 Å². The molecule has 0 rings (SSSR count). The smallest absolute Gasteiger partial charge is 0.322 e. The van der Waals surface area contributed by atoms with Crippen molar-refractivity contribution in [3.05, 3.63) is 61.4 Å². The number of hydrogen-bond acceptors (Lipinski definition) is 11. The normalized spacial score (nSPS) is 10.3. The van der Waals surface area contributed by atoms with Crippen LogP contribution >= 0.6 is 0 Å². The number of rotatable bonds is 26. The van der Waals surface area contributed by atoms with Crippen molar-refractivity contribution < 1.29 is 29.1 Å². The maximum Gasteiger partial charge on any atom is 0.322 e. The third kappa shape index (κ3) is 19.1. The fourth-order valence-electron chi connectivity index (χ4n) is 3.93. The first-order valence-corrected chi connectivity index (χ1v) is 16.1. The number of hydrogen-bond donors (Lipinski definition) is 5. The molecule has 0 aromatic rings. The fraction of sp³-hybridized carbons (Fsp3) is 0.559. The van der Waals surface area contributed by atoms with Gasteiger partial charge in [-0.05, 0) is 0 Å². The van der Waals surface area contributed by atoms with Crippen LogP contribution in [0.3, 0.4) is 0 Å². The molecular formula is C34H60N10O6. The zero-order chi connectivity index (χ0) is 38.7. The van der Waals surface area contributed by atoms with Crippen molar-refractivity contribution in [2.24, 2.45) is 0 Å². The third-order valence-electron chi connectivity index (χ3n) is 7.48. The van der Waals surface area contributed by atoms with Crippen LogP contribution in [-0.2, 0) is 24.0 Å². The number of likely N-dealkylation sites (N-methyl/N-ethyl adjacent to an activating group) is 6. The van der Waals surface area contributed by atoms with E-state index in [-0.39, 0.29) is 82.5 Å². The molecule has 4 amide bonds. The van der Waals surface area contributed by atoms with E-state index in [4.69, 9.17) is 5.11 Å². The van der Waals surface area contributed by atoms with Gasteiger partial charge in [-0.15, -0.1) is 0 Å². The molecule has 0 atom stereocenters. The van der Waals surface area contributed by atoms with Gasteiger partial charge in [0.1, 0.15) is 6.54 Å². The molecule has 0 bridgehead atoms. The topological polar surface area (TPSA) is 173 Å². The summed E-state index contributed by atoms with van der Waals surface area (Å²) in [4.78, 5) is 70.7. The second kappa shape index (κ2) is 22.6. The van der Waals surface area contributed by atoms with E-state index < -0.39 is 5.97 Å². The summed E-state index contributed by atoms with van der Waals surface area (Å²) in [5, 5.41) is 20.4. The maximum absolute atomic E-state index is 12.8. The Balaban J connectivity index is 4.56. The minimum Gasteiger partial charge on any atom is -0.480 e. The molecule has 0 radical (unpaired) electrons. The van der Waals surface area contributed by atoms with Crippen LogP contribution in [0.5, 0.6) is 0 Å². The Morgan fingerprint density at radius 1 is 0.500 bits per heavy atom. The van der Waals surface area contributed by atoms with Crippen molar-refractivity contribution >= 4 is 29.6 Å². The lowest BCUT2D eigenvalue weighted by Gasteiger charge is -2.27. The van der Waals surface area contributed by atoms with Crippen molar-refractivity contribution in [3.63, 3.8) is 0 Å². The quantitative estimate of drug-likeness (QED) is 0.0753. The number of carboxylic acids is 1. The molecule has 0 aromatic heterocycles. The summed E-state index contributed by atoms with van der Waals surface area (Å²) < 4.78 is 0. The van der Waals surface area contributed by atoms with Crippen LogP contribution in [0.1, 0.15) is 13.8 Å². The lowest BCUT2D eigenvalue weighted by Crippen LogP contribution is -2.43. The molecule has 5 N–H and O–H groups in total. The van der Waals surface area contributed by atoms with Crippen LogP contribution in [0.15, 0.2) is 61.4 Å². The van der Waals surface area contributed by atoms with Crippen LogP contribution in [-0.4, -0.2) is 178 Å². The molecule has 50 heavy (non-hydrogen) atoms. The molecule has 0 fully saturated rings. The predicted molar refractivity (Wildman–Crippen MR) is 196 cm³/mol. The Kier molecular flexibility index (Phi) is 20.4. The molecule has 282 valence electrons. The molecule has 0 saturated heterocycles. The lowest BCUT2D eigenvalue weighted by molar-refractivity contribution is -0.136. The van der Waals surface area contributed by atoms with Crippen molar-refractivity contribution in [2.75, 3.05) is 108 Å². The first kappa shape index (κ1) is 45.0. The van der Waals surface area contributed by atoms with E-state index >= 15 is 0 Å². The zero-order valence-corrected chi connectivity index (χ0v) is 31.4. The number of amides is 4. The van der Waals surface area contributed by atoms with Gasteiger partial charge in [0.05, 0.1) is 52.4 Å².